The van der Waals surface area contributed by atoms with Crippen molar-refractivity contribution in [1.82, 2.24) is 0 Å². The maximum atomic E-state index is 10.4. The number of guanidine groups is 1. The highest BCUT2D eigenvalue weighted by Crippen LogP contribution is 2.61. The predicted octanol–water partition coefficient (Wildman–Crippen LogP) is 5.93. The summed E-state index contributed by atoms with van der Waals surface area (Å²) in [5.74, 6) is 0.00694. The van der Waals surface area contributed by atoms with Gasteiger partial charge in [-0.25, -0.2) is 8.42 Å². The lowest BCUT2D eigenvalue weighted by molar-refractivity contribution is -0.136. The van der Waals surface area contributed by atoms with Crippen molar-refractivity contribution in [2.45, 2.75) is 176 Å². The number of Topliss-reactive ketones (excluding diaryl/α,β-unsaturated/α-hetero) is 1. The van der Waals surface area contributed by atoms with Gasteiger partial charge < -0.3 is 87.1 Å². The highest BCUT2D eigenvalue weighted by molar-refractivity contribution is 7.84. The minimum atomic E-state index is -4.66. The molecule has 69 heavy (non-hydrogen) atoms. The van der Waals surface area contributed by atoms with Gasteiger partial charge in [0.1, 0.15) is 12.1 Å². The summed E-state index contributed by atoms with van der Waals surface area (Å²) in [5, 5.41) is 18.7. The highest BCUT2D eigenvalue weighted by Gasteiger charge is 2.41. The first-order chi connectivity index (χ1) is 30.2. The molecule has 0 fully saturated rings. The summed E-state index contributed by atoms with van der Waals surface area (Å²) in [4.78, 5) is 96.1. The first-order valence-corrected chi connectivity index (χ1v) is 29.8. The molecule has 0 atom stereocenters. The number of nitrogens with two attached hydrogens (primary N) is 5. The third-order valence-electron chi connectivity index (χ3n) is 2.87. The molecule has 0 unspecified atom stereocenters. The average Bonchev–Trinajstić information content (AvgIpc) is 3.12. The Morgan fingerprint density at radius 1 is 0.710 bits per heavy atom. The molecule has 0 aliphatic heterocycles. The molecule has 27 nitrogen and oxygen atoms in total. The summed E-state index contributed by atoms with van der Waals surface area (Å²) in [6, 6.07) is 0. The number of ketones is 1. The second-order valence-corrected chi connectivity index (χ2v) is 20.2. The first kappa shape index (κ1) is 112. The van der Waals surface area contributed by atoms with Gasteiger partial charge in [0.05, 0.1) is 21.8 Å². The number of nitrogens with one attached hydrogen (secondary N) is 2. The molecule has 0 saturated heterocycles. The van der Waals surface area contributed by atoms with Crippen LogP contribution in [0.2, 0.25) is 0 Å². The Kier molecular flexibility index (Phi) is 138. The molecule has 0 aliphatic rings. The second kappa shape index (κ2) is 85.4. The topological polar surface area (TPSA) is 549 Å². The van der Waals surface area contributed by atoms with Crippen LogP contribution in [0.3, 0.4) is 0 Å². The number of rotatable bonds is 8. The molecule has 434 valence electrons. The quantitative estimate of drug-likeness (QED) is 0.0440. The lowest BCUT2D eigenvalue weighted by Crippen LogP contribution is -2.22. The molecule has 0 aromatic heterocycles. The summed E-state index contributed by atoms with van der Waals surface area (Å²) in [6.45, 7) is 35.0. The van der Waals surface area contributed by atoms with E-state index in [-0.39, 0.29) is 49.8 Å². The molecule has 0 heterocycles. The summed E-state index contributed by atoms with van der Waals surface area (Å²) < 4.78 is 67.1. The number of aliphatic imine (C=N–C) groups is 1. The van der Waals surface area contributed by atoms with Crippen LogP contribution in [0.15, 0.2) is 4.99 Å². The Morgan fingerprint density at radius 2 is 0.855 bits per heavy atom. The van der Waals surface area contributed by atoms with Gasteiger partial charge in [-0.05, 0) is 54.0 Å². The van der Waals surface area contributed by atoms with Crippen molar-refractivity contribution in [1.29, 1.82) is 10.8 Å². The normalized spacial score (nSPS) is 8.74. The molecule has 0 saturated carbocycles. The van der Waals surface area contributed by atoms with E-state index in [4.69, 9.17) is 102 Å². The average molecular weight is 1120 g/mol. The molecular weight excluding hydrogens is 1020 g/mol. The van der Waals surface area contributed by atoms with Crippen LogP contribution in [0.1, 0.15) is 171 Å². The molecule has 0 aromatic rings. The van der Waals surface area contributed by atoms with Gasteiger partial charge >= 0.3 is 36.4 Å². The van der Waals surface area contributed by atoms with Crippen molar-refractivity contribution in [3.63, 3.8) is 0 Å². The molecule has 0 spiro atoms. The van der Waals surface area contributed by atoms with Gasteiger partial charge in [0.2, 0.25) is 0 Å². The van der Waals surface area contributed by atoms with E-state index in [9.17, 15) is 27.8 Å². The van der Waals surface area contributed by atoms with E-state index in [1.807, 2.05) is 41.5 Å². The van der Waals surface area contributed by atoms with Crippen LogP contribution >= 0.6 is 30.4 Å². The minimum Gasteiger partial charge on any atom is -0.748 e. The predicted molar refractivity (Wildman–Crippen MR) is 287 cm³/mol. The number of carbonyl (C=O) groups excluding carboxylic acids is 2. The van der Waals surface area contributed by atoms with Gasteiger partial charge in [-0.3, -0.25) is 38.9 Å². The van der Waals surface area contributed by atoms with Crippen LogP contribution in [0.25, 0.3) is 0 Å². The largest absolute Gasteiger partial charge is 0.748 e. The van der Waals surface area contributed by atoms with Crippen LogP contribution in [0, 0.1) is 10.8 Å². The van der Waals surface area contributed by atoms with E-state index in [0.29, 0.717) is 19.2 Å². The molecule has 21 N–H and O–H groups in total. The summed E-state index contributed by atoms with van der Waals surface area (Å²) in [5.41, 5.74) is 24.5. The molecule has 0 amide bonds. The van der Waals surface area contributed by atoms with Gasteiger partial charge in [0.25, 0.3) is 0 Å². The van der Waals surface area contributed by atoms with Gasteiger partial charge in [0.15, 0.2) is 11.4 Å². The Hall–Kier alpha value is -2.51. The molecule has 32 heteroatoms. The fourth-order valence-electron chi connectivity index (χ4n) is 0.854. The van der Waals surface area contributed by atoms with Crippen LogP contribution in [0.5, 0.6) is 0 Å². The van der Waals surface area contributed by atoms with Crippen molar-refractivity contribution in [2.24, 2.45) is 33.7 Å². The maximum Gasteiger partial charge on any atom is 0.340 e. The number of amidine groups is 2. The number of carboxylic acids is 1. The summed E-state index contributed by atoms with van der Waals surface area (Å²) in [7, 11) is -20.5. The molecular formula is C37H105N8O19P4S-. The van der Waals surface area contributed by atoms with Crippen molar-refractivity contribution >= 4 is 76.2 Å². The van der Waals surface area contributed by atoms with Gasteiger partial charge in [-0.15, -0.1) is 0 Å². The fraction of sp³-hybridized carbons (Fsp3) is 0.838. The molecule has 0 aromatic carbocycles. The third kappa shape index (κ3) is 522. The van der Waals surface area contributed by atoms with Gasteiger partial charge in [0, 0.05) is 38.5 Å². The van der Waals surface area contributed by atoms with Crippen molar-refractivity contribution in [3.8, 4) is 0 Å². The van der Waals surface area contributed by atoms with E-state index in [1.54, 1.807) is 6.92 Å². The molecule has 0 radical (unpaired) electrons. The van der Waals surface area contributed by atoms with Crippen molar-refractivity contribution in [2.75, 3.05) is 32.2 Å². The third-order valence-corrected chi connectivity index (χ3v) is 7.78. The number of carboxylic acid groups (broad SMARTS) is 1. The fourth-order valence-corrected chi connectivity index (χ4v) is 3.37. The molecule has 0 aliphatic carbocycles. The summed E-state index contributed by atoms with van der Waals surface area (Å²) in [6.07, 6.45) is 5.54. The first-order valence-electron chi connectivity index (χ1n) is 20.8. The molecule has 0 bridgehead atoms. The SMILES string of the molecule is C.CC.CC.CC(=N)N.CC(C)=O.CC=O.CCC.CCC.CCC(=N)N.CCC(=O)O.CCC(P(=O)(O)O)P(=O)(O)O.CCCN.CCN=C(N)N.CCP(=O)(O)O.CP(=O)(O)O.CS(=O)(=O)[O-]. The Bertz CT molecular complexity index is 1300. The van der Waals surface area contributed by atoms with E-state index in [2.05, 4.69) is 39.6 Å². The van der Waals surface area contributed by atoms with Crippen LogP contribution in [-0.4, -0.2) is 130 Å². The second-order valence-electron chi connectivity index (χ2n) is 11.1. The lowest BCUT2D eigenvalue weighted by Gasteiger charge is -2.16. The van der Waals surface area contributed by atoms with Gasteiger partial charge in [-0.2, -0.15) is 0 Å². The van der Waals surface area contributed by atoms with Crippen LogP contribution in [0.4, 0.5) is 0 Å². The standard InChI is InChI=1S/C3H9N3.C3H8N2.C3H9N.C3H10O6P2.C3H6O2.C3H6O.2C3H8.C2H6N2.C2H7O3P.C2H4O.2C2H6.CH5O3P.CH4O3S.CH4/c1-2-6-3(4)5;1-2-3(4)5;1-2-3-4;1-2-3(10(4,5)6)11(7,8)9;1-2-3(4)5;1-3(2)4;2*1-3-2;1-2(3)4;1-2-6(3,4)5;1-2-3;2*1-2;2*1-5(2,3)4;/h2H2,1H3,(H4,4,5,6);2H2,1H3,(H3,4,5);2-4H2,1H3;3H,2H2,1H3,(H2,4,5,6)(H2,7,8,9);2H2,1H3,(H,4,5);1-2H3;2*3H2,1-2H3;1H3,(H3,3,4);2H2,1H3,(H2,3,4,5);2H,1H3;2*1-2H3;1H3,(H2,2,3,4);1H3,(H,2,3,4);1H4/p-1. The number of hydrogen-bond acceptors (Lipinski definition) is 14. The van der Waals surface area contributed by atoms with Gasteiger partial charge in [-0.1, -0.05) is 110 Å². The zero-order valence-corrected chi connectivity index (χ0v) is 49.1. The number of hydrogen-bond donors (Lipinski definition) is 16. The number of aldehydes is 1. The van der Waals surface area contributed by atoms with E-state index >= 15 is 0 Å². The maximum absolute atomic E-state index is 10.4. The smallest absolute Gasteiger partial charge is 0.340 e. The van der Waals surface area contributed by atoms with Crippen molar-refractivity contribution in [3.05, 3.63) is 0 Å². The Morgan fingerprint density at radius 3 is 0.855 bits per heavy atom. The highest BCUT2D eigenvalue weighted by atomic mass is 32.2. The summed E-state index contributed by atoms with van der Waals surface area (Å²) >= 11 is 0. The van der Waals surface area contributed by atoms with Crippen LogP contribution < -0.4 is 28.7 Å². The Labute approximate surface area is 417 Å². The lowest BCUT2D eigenvalue weighted by atomic mass is 10.5. The number of aliphatic carboxylic acids is 1. The molecule has 0 rings (SSSR count). The van der Waals surface area contributed by atoms with Crippen molar-refractivity contribution < 1.29 is 89.9 Å². The minimum absolute atomic E-state index is 0. The van der Waals surface area contributed by atoms with E-state index in [0.717, 1.165) is 25.9 Å². The van der Waals surface area contributed by atoms with E-state index < -0.39 is 51.9 Å². The Balaban J connectivity index is -0.0000000318. The van der Waals surface area contributed by atoms with E-state index in [1.165, 1.54) is 54.4 Å². The van der Waals surface area contributed by atoms with Crippen LogP contribution in [-0.2, 0) is 42.8 Å². The number of carbonyl (C=O) groups is 3. The number of nitrogens with zero attached hydrogens (tertiary/aromatic N) is 1. The zero-order valence-electron chi connectivity index (χ0n) is 44.7. The monoisotopic (exact) mass is 1120 g/mol. The zero-order chi connectivity index (χ0) is 59.7.